The summed E-state index contributed by atoms with van der Waals surface area (Å²) >= 11 is 0. The van der Waals surface area contributed by atoms with Crippen molar-refractivity contribution >= 4 is 0 Å². The molecule has 3 nitrogen and oxygen atoms in total. The molecule has 1 saturated carbocycles. The van der Waals surface area contributed by atoms with Gasteiger partial charge in [-0.3, -0.25) is 4.98 Å². The second kappa shape index (κ2) is 5.61. The zero-order chi connectivity index (χ0) is 12.1. The zero-order valence-electron chi connectivity index (χ0n) is 10.5. The molecule has 94 valence electrons. The Kier molecular flexibility index (Phi) is 4.13. The van der Waals surface area contributed by atoms with Crippen molar-refractivity contribution in [3.8, 4) is 0 Å². The highest BCUT2D eigenvalue weighted by Crippen LogP contribution is 2.30. The van der Waals surface area contributed by atoms with Gasteiger partial charge in [0.15, 0.2) is 0 Å². The predicted octanol–water partition coefficient (Wildman–Crippen LogP) is 1.91. The van der Waals surface area contributed by atoms with Crippen molar-refractivity contribution in [3.05, 3.63) is 30.1 Å². The van der Waals surface area contributed by atoms with E-state index in [2.05, 4.69) is 17.2 Å². The first-order chi connectivity index (χ1) is 8.22. The third-order valence-corrected chi connectivity index (χ3v) is 3.65. The molecule has 0 spiro atoms. The fraction of sp³-hybridized carbons (Fsp3) is 0.643. The number of pyridine rings is 1. The van der Waals surface area contributed by atoms with Crippen molar-refractivity contribution < 1.29 is 5.11 Å². The number of nitrogens with one attached hydrogen (secondary N) is 1. The molecule has 0 bridgehead atoms. The van der Waals surface area contributed by atoms with Gasteiger partial charge < -0.3 is 10.4 Å². The normalized spacial score (nSPS) is 29.2. The summed E-state index contributed by atoms with van der Waals surface area (Å²) in [6.45, 7) is 3.15. The molecule has 1 aliphatic rings. The monoisotopic (exact) mass is 234 g/mol. The second-order valence-corrected chi connectivity index (χ2v) is 5.05. The average molecular weight is 234 g/mol. The Hall–Kier alpha value is -0.930. The van der Waals surface area contributed by atoms with Crippen molar-refractivity contribution in [2.45, 2.75) is 50.7 Å². The maximum absolute atomic E-state index is 10.5. The Balaban J connectivity index is 1.89. The van der Waals surface area contributed by atoms with E-state index >= 15 is 0 Å². The van der Waals surface area contributed by atoms with Crippen LogP contribution in [0.3, 0.4) is 0 Å². The van der Waals surface area contributed by atoms with E-state index in [0.29, 0.717) is 12.5 Å². The molecule has 0 aromatic carbocycles. The lowest BCUT2D eigenvalue weighted by Gasteiger charge is -2.36. The summed E-state index contributed by atoms with van der Waals surface area (Å²) in [6.07, 6.45) is 6.37. The first kappa shape index (κ1) is 12.5. The lowest BCUT2D eigenvalue weighted by atomic mass is 9.79. The maximum atomic E-state index is 10.5. The van der Waals surface area contributed by atoms with Crippen LogP contribution < -0.4 is 5.32 Å². The number of aromatic nitrogens is 1. The molecule has 1 aromatic heterocycles. The van der Waals surface area contributed by atoms with Crippen molar-refractivity contribution in [1.29, 1.82) is 0 Å². The summed E-state index contributed by atoms with van der Waals surface area (Å²) < 4.78 is 0. The van der Waals surface area contributed by atoms with Crippen LogP contribution in [0.4, 0.5) is 0 Å². The topological polar surface area (TPSA) is 45.1 Å². The quantitative estimate of drug-likeness (QED) is 0.836. The Labute approximate surface area is 103 Å². The lowest BCUT2D eigenvalue weighted by Crippen LogP contribution is -2.42. The standard InChI is InChI=1S/C14H22N2O/c1-2-15-12-6-8-14(17,9-7-12)11-13-5-3-4-10-16-13/h3-5,10,12,15,17H,2,6-9,11H2,1H3. The minimum absolute atomic E-state index is 0.541. The molecule has 3 heteroatoms. The number of aliphatic hydroxyl groups is 1. The molecule has 1 aliphatic carbocycles. The van der Waals surface area contributed by atoms with Gasteiger partial charge in [0.2, 0.25) is 0 Å². The molecule has 0 aliphatic heterocycles. The summed E-state index contributed by atoms with van der Waals surface area (Å²) in [4.78, 5) is 4.30. The van der Waals surface area contributed by atoms with Crippen LogP contribution in [-0.2, 0) is 6.42 Å². The van der Waals surface area contributed by atoms with E-state index < -0.39 is 5.60 Å². The van der Waals surface area contributed by atoms with E-state index in [-0.39, 0.29) is 0 Å². The first-order valence-corrected chi connectivity index (χ1v) is 6.57. The summed E-state index contributed by atoms with van der Waals surface area (Å²) in [5.41, 5.74) is 0.456. The summed E-state index contributed by atoms with van der Waals surface area (Å²) in [5, 5.41) is 14.0. The van der Waals surface area contributed by atoms with Crippen LogP contribution in [0.1, 0.15) is 38.3 Å². The van der Waals surface area contributed by atoms with E-state index in [4.69, 9.17) is 0 Å². The highest BCUT2D eigenvalue weighted by atomic mass is 16.3. The summed E-state index contributed by atoms with van der Waals surface area (Å²) in [5.74, 6) is 0. The fourth-order valence-electron chi connectivity index (χ4n) is 2.66. The number of rotatable bonds is 4. The summed E-state index contributed by atoms with van der Waals surface area (Å²) in [6, 6.07) is 6.48. The lowest BCUT2D eigenvalue weighted by molar-refractivity contribution is -0.00372. The maximum Gasteiger partial charge on any atom is 0.0704 e. The second-order valence-electron chi connectivity index (χ2n) is 5.05. The molecule has 0 unspecified atom stereocenters. The fourth-order valence-corrected chi connectivity index (χ4v) is 2.66. The molecule has 2 rings (SSSR count). The van der Waals surface area contributed by atoms with E-state index in [1.54, 1.807) is 6.20 Å². The Bertz CT molecular complexity index is 331. The number of hydrogen-bond acceptors (Lipinski definition) is 3. The van der Waals surface area contributed by atoms with Crippen molar-refractivity contribution in [2.24, 2.45) is 0 Å². The largest absolute Gasteiger partial charge is 0.389 e. The van der Waals surface area contributed by atoms with Gasteiger partial charge in [-0.05, 0) is 44.4 Å². The molecular formula is C14H22N2O. The first-order valence-electron chi connectivity index (χ1n) is 6.57. The zero-order valence-corrected chi connectivity index (χ0v) is 10.5. The molecule has 1 fully saturated rings. The molecule has 1 heterocycles. The average Bonchev–Trinajstić information content (AvgIpc) is 2.34. The van der Waals surface area contributed by atoms with Gasteiger partial charge in [-0.25, -0.2) is 0 Å². The van der Waals surface area contributed by atoms with Gasteiger partial charge in [0.05, 0.1) is 5.60 Å². The van der Waals surface area contributed by atoms with Gasteiger partial charge in [0.1, 0.15) is 0 Å². The van der Waals surface area contributed by atoms with Crippen LogP contribution in [0.2, 0.25) is 0 Å². The molecule has 0 amide bonds. The van der Waals surface area contributed by atoms with Crippen LogP contribution in [0.15, 0.2) is 24.4 Å². The molecule has 0 radical (unpaired) electrons. The Morgan fingerprint density at radius 1 is 1.41 bits per heavy atom. The van der Waals surface area contributed by atoms with Crippen LogP contribution >= 0.6 is 0 Å². The van der Waals surface area contributed by atoms with Gasteiger partial charge >= 0.3 is 0 Å². The minimum Gasteiger partial charge on any atom is -0.389 e. The van der Waals surface area contributed by atoms with Gasteiger partial charge in [-0.1, -0.05) is 13.0 Å². The highest BCUT2D eigenvalue weighted by Gasteiger charge is 2.33. The van der Waals surface area contributed by atoms with E-state index in [0.717, 1.165) is 37.9 Å². The molecular weight excluding hydrogens is 212 g/mol. The van der Waals surface area contributed by atoms with Gasteiger partial charge in [-0.15, -0.1) is 0 Å². The molecule has 0 saturated heterocycles. The van der Waals surface area contributed by atoms with Gasteiger partial charge in [-0.2, -0.15) is 0 Å². The van der Waals surface area contributed by atoms with Gasteiger partial charge in [0, 0.05) is 24.4 Å². The molecule has 17 heavy (non-hydrogen) atoms. The van der Waals surface area contributed by atoms with Gasteiger partial charge in [0.25, 0.3) is 0 Å². The van der Waals surface area contributed by atoms with Crippen molar-refractivity contribution in [3.63, 3.8) is 0 Å². The van der Waals surface area contributed by atoms with Crippen LogP contribution in [0, 0.1) is 0 Å². The van der Waals surface area contributed by atoms with Crippen molar-refractivity contribution in [1.82, 2.24) is 10.3 Å². The van der Waals surface area contributed by atoms with E-state index in [1.807, 2.05) is 18.2 Å². The molecule has 1 aromatic rings. The minimum atomic E-state index is -0.541. The van der Waals surface area contributed by atoms with Crippen LogP contribution in [-0.4, -0.2) is 28.3 Å². The molecule has 2 N–H and O–H groups in total. The SMILES string of the molecule is CCNC1CCC(O)(Cc2ccccn2)CC1. The van der Waals surface area contributed by atoms with E-state index in [9.17, 15) is 5.11 Å². The van der Waals surface area contributed by atoms with Crippen molar-refractivity contribution in [2.75, 3.05) is 6.54 Å². The summed E-state index contributed by atoms with van der Waals surface area (Å²) in [7, 11) is 0. The van der Waals surface area contributed by atoms with Crippen LogP contribution in [0.5, 0.6) is 0 Å². The molecule has 0 atom stereocenters. The van der Waals surface area contributed by atoms with Crippen LogP contribution in [0.25, 0.3) is 0 Å². The predicted molar refractivity (Wildman–Crippen MR) is 68.8 cm³/mol. The Morgan fingerprint density at radius 3 is 2.76 bits per heavy atom. The third kappa shape index (κ3) is 3.51. The Morgan fingerprint density at radius 2 is 2.18 bits per heavy atom. The smallest absolute Gasteiger partial charge is 0.0704 e. The third-order valence-electron chi connectivity index (χ3n) is 3.65. The highest BCUT2D eigenvalue weighted by molar-refractivity contribution is 5.08. The van der Waals surface area contributed by atoms with E-state index in [1.165, 1.54) is 0 Å². The number of nitrogens with zero attached hydrogens (tertiary/aromatic N) is 1. The number of hydrogen-bond donors (Lipinski definition) is 2.